The number of fused-ring (bicyclic) bond motifs is 1. The molecule has 0 fully saturated rings. The average Bonchev–Trinajstić information content (AvgIpc) is 3.08. The van der Waals surface area contributed by atoms with Crippen molar-refractivity contribution in [1.82, 2.24) is 0 Å². The molecule has 3 aromatic rings. The van der Waals surface area contributed by atoms with Crippen molar-refractivity contribution in [2.24, 2.45) is 0 Å². The number of allylic oxidation sites excluding steroid dienone is 1. The molecule has 0 N–H and O–H groups in total. The maximum absolute atomic E-state index is 5.27. The highest BCUT2D eigenvalue weighted by Gasteiger charge is 2.43. The molecule has 0 saturated carbocycles. The van der Waals surface area contributed by atoms with E-state index < -0.39 is 0 Å². The number of rotatable bonds is 7. The number of para-hydroxylation sites is 1. The summed E-state index contributed by atoms with van der Waals surface area (Å²) in [4.78, 5) is 0.327. The third-order valence-electron chi connectivity index (χ3n) is 6.50. The Bertz CT molecular complexity index is 1180. The molecule has 33 heavy (non-hydrogen) atoms. The molecule has 0 amide bonds. The zero-order valence-electron chi connectivity index (χ0n) is 19.6. The molecule has 3 aromatic carbocycles. The van der Waals surface area contributed by atoms with Gasteiger partial charge in [-0.25, -0.2) is 0 Å². The molecule has 1 heterocycles. The third-order valence-corrected chi connectivity index (χ3v) is 9.32. The van der Waals surface area contributed by atoms with Crippen LogP contribution in [0.1, 0.15) is 52.7 Å². The van der Waals surface area contributed by atoms with Crippen molar-refractivity contribution in [1.29, 1.82) is 0 Å². The Balaban J connectivity index is 1.53. The number of benzene rings is 3. The highest BCUT2D eigenvalue weighted by Crippen LogP contribution is 2.43. The Morgan fingerprint density at radius 2 is 1.42 bits per heavy atom. The number of halogens is 2. The predicted molar refractivity (Wildman–Crippen MR) is 147 cm³/mol. The molecule has 0 saturated heterocycles. The molecule has 0 aromatic heterocycles. The van der Waals surface area contributed by atoms with Crippen LogP contribution in [0.4, 0.5) is 5.69 Å². The Morgan fingerprint density at radius 3 is 2.00 bits per heavy atom. The van der Waals surface area contributed by atoms with Crippen LogP contribution in [-0.2, 0) is 5.41 Å². The number of hydrogen-bond donors (Lipinski definition) is 0. The average molecular weight is 568 g/mol. The number of methoxy groups -OCH3 is 1. The van der Waals surface area contributed by atoms with E-state index in [-0.39, 0.29) is 15.1 Å². The first-order valence-corrected chi connectivity index (χ1v) is 13.1. The zero-order chi connectivity index (χ0) is 23.6. The highest BCUT2D eigenvalue weighted by molar-refractivity contribution is 9.12. The van der Waals surface area contributed by atoms with Crippen molar-refractivity contribution >= 4 is 49.3 Å². The van der Waals surface area contributed by atoms with Crippen LogP contribution < -0.4 is 4.74 Å². The summed E-state index contributed by atoms with van der Waals surface area (Å²) >= 11 is 7.74. The van der Waals surface area contributed by atoms with Crippen molar-refractivity contribution in [2.75, 3.05) is 13.7 Å². The van der Waals surface area contributed by atoms with Crippen LogP contribution >= 0.6 is 31.9 Å². The first-order chi connectivity index (χ1) is 15.9. The molecular weight excluding hydrogens is 538 g/mol. The minimum atomic E-state index is -0.00839. The largest absolute Gasteiger partial charge is 0.497 e. The second kappa shape index (κ2) is 9.99. The van der Waals surface area contributed by atoms with Crippen LogP contribution in [-0.4, -0.2) is 23.9 Å². The Labute approximate surface area is 214 Å². The lowest BCUT2D eigenvalue weighted by atomic mass is 9.81. The van der Waals surface area contributed by atoms with E-state index in [2.05, 4.69) is 130 Å². The maximum Gasteiger partial charge on any atom is 0.209 e. The minimum Gasteiger partial charge on any atom is -0.497 e. The quantitative estimate of drug-likeness (QED) is 0.206. The van der Waals surface area contributed by atoms with Crippen LogP contribution in [0.3, 0.4) is 0 Å². The summed E-state index contributed by atoms with van der Waals surface area (Å²) in [5, 5.41) is 0. The Hall–Kier alpha value is -2.17. The van der Waals surface area contributed by atoms with E-state index in [0.717, 1.165) is 12.3 Å². The van der Waals surface area contributed by atoms with Gasteiger partial charge in [-0.3, -0.25) is 0 Å². The lowest BCUT2D eigenvalue weighted by Gasteiger charge is -2.18. The Kier molecular flexibility index (Phi) is 7.25. The van der Waals surface area contributed by atoms with Crippen molar-refractivity contribution in [3.8, 4) is 5.75 Å². The van der Waals surface area contributed by atoms with Crippen LogP contribution in [0.15, 0.2) is 78.9 Å². The summed E-state index contributed by atoms with van der Waals surface area (Å²) in [7, 11) is 1.69. The molecule has 170 valence electrons. The monoisotopic (exact) mass is 566 g/mol. The summed E-state index contributed by atoms with van der Waals surface area (Å²) in [6, 6.07) is 25.7. The SMILES string of the molecule is CC[N+]1=C(/C=C/c2ccc(C(Br)C(Br)c3ccc(OC)cc3)cc2)C(C)(C)c2ccccc21. The van der Waals surface area contributed by atoms with E-state index in [1.807, 2.05) is 12.1 Å². The zero-order valence-corrected chi connectivity index (χ0v) is 22.7. The molecule has 2 nitrogen and oxygen atoms in total. The third kappa shape index (κ3) is 4.74. The molecule has 1 aliphatic rings. The van der Waals surface area contributed by atoms with E-state index in [4.69, 9.17) is 4.74 Å². The fourth-order valence-corrected chi connectivity index (χ4v) is 5.79. The summed E-state index contributed by atoms with van der Waals surface area (Å²) in [6.07, 6.45) is 4.52. The van der Waals surface area contributed by atoms with Gasteiger partial charge in [-0.2, -0.15) is 4.58 Å². The molecule has 0 spiro atoms. The van der Waals surface area contributed by atoms with Gasteiger partial charge in [0.1, 0.15) is 12.3 Å². The van der Waals surface area contributed by atoms with Gasteiger partial charge in [0, 0.05) is 17.7 Å². The normalized spacial score (nSPS) is 16.7. The first-order valence-electron chi connectivity index (χ1n) is 11.3. The van der Waals surface area contributed by atoms with Crippen molar-refractivity contribution in [3.63, 3.8) is 0 Å². The van der Waals surface area contributed by atoms with Gasteiger partial charge in [0.25, 0.3) is 0 Å². The second-order valence-electron chi connectivity index (χ2n) is 8.85. The van der Waals surface area contributed by atoms with Gasteiger partial charge < -0.3 is 4.74 Å². The van der Waals surface area contributed by atoms with Crippen LogP contribution in [0.5, 0.6) is 5.75 Å². The van der Waals surface area contributed by atoms with Gasteiger partial charge >= 0.3 is 0 Å². The van der Waals surface area contributed by atoms with E-state index in [0.29, 0.717) is 0 Å². The lowest BCUT2D eigenvalue weighted by molar-refractivity contribution is -0.433. The number of nitrogens with zero attached hydrogens (tertiary/aromatic N) is 1. The Morgan fingerprint density at radius 1 is 0.848 bits per heavy atom. The summed E-state index contributed by atoms with van der Waals surface area (Å²) in [5.41, 5.74) is 7.70. The van der Waals surface area contributed by atoms with Gasteiger partial charge in [-0.1, -0.05) is 86.5 Å². The highest BCUT2D eigenvalue weighted by atomic mass is 79.9. The smallest absolute Gasteiger partial charge is 0.209 e. The number of alkyl halides is 2. The van der Waals surface area contributed by atoms with E-state index >= 15 is 0 Å². The van der Waals surface area contributed by atoms with Gasteiger partial charge in [0.05, 0.1) is 22.2 Å². The summed E-state index contributed by atoms with van der Waals surface area (Å²) < 4.78 is 7.70. The molecule has 4 heteroatoms. The molecule has 2 unspecified atom stereocenters. The number of ether oxygens (including phenoxy) is 1. The summed E-state index contributed by atoms with van der Waals surface area (Å²) in [5.74, 6) is 0.869. The minimum absolute atomic E-state index is 0.00839. The molecule has 4 rings (SSSR count). The van der Waals surface area contributed by atoms with E-state index in [9.17, 15) is 0 Å². The molecule has 2 atom stereocenters. The molecule has 0 bridgehead atoms. The fourth-order valence-electron chi connectivity index (χ4n) is 4.57. The second-order valence-corrected chi connectivity index (χ2v) is 10.8. The fraction of sp³-hybridized carbons (Fsp3) is 0.276. The molecule has 0 aliphatic carbocycles. The van der Waals surface area contributed by atoms with Gasteiger partial charge in [-0.15, -0.1) is 0 Å². The van der Waals surface area contributed by atoms with Gasteiger partial charge in [0.2, 0.25) is 5.69 Å². The molecule has 0 radical (unpaired) electrons. The summed E-state index contributed by atoms with van der Waals surface area (Å²) in [6.45, 7) is 7.81. The number of hydrogen-bond acceptors (Lipinski definition) is 1. The van der Waals surface area contributed by atoms with Gasteiger partial charge in [0.15, 0.2) is 5.71 Å². The standard InChI is InChI=1S/C29H30Br2NO/c1-5-32-25-9-7-6-8-24(25)29(2,3)26(32)19-12-20-10-13-21(14-11-20)27(30)28(31)22-15-17-23(33-4)18-16-22/h6-19,27-28H,5H2,1-4H3/q+1/b19-12+. The molecule has 1 aliphatic heterocycles. The van der Waals surface area contributed by atoms with Crippen LogP contribution in [0, 0.1) is 0 Å². The molecular formula is C29H30Br2NO+. The van der Waals surface area contributed by atoms with Crippen LogP contribution in [0.25, 0.3) is 6.08 Å². The predicted octanol–water partition coefficient (Wildman–Crippen LogP) is 8.38. The van der Waals surface area contributed by atoms with Crippen molar-refractivity contribution in [3.05, 3.63) is 101 Å². The van der Waals surface area contributed by atoms with Crippen molar-refractivity contribution < 1.29 is 9.31 Å². The van der Waals surface area contributed by atoms with E-state index in [1.165, 1.54) is 33.7 Å². The van der Waals surface area contributed by atoms with Crippen molar-refractivity contribution in [2.45, 2.75) is 35.8 Å². The lowest BCUT2D eigenvalue weighted by Crippen LogP contribution is -2.27. The topological polar surface area (TPSA) is 12.2 Å². The van der Waals surface area contributed by atoms with Crippen LogP contribution in [0.2, 0.25) is 0 Å². The maximum atomic E-state index is 5.27. The first kappa shape index (κ1) is 24.0. The van der Waals surface area contributed by atoms with E-state index in [1.54, 1.807) is 7.11 Å². The van der Waals surface area contributed by atoms with Gasteiger partial charge in [-0.05, 0) is 55.7 Å².